The number of aromatic nitrogens is 6. The maximum Gasteiger partial charge on any atom is 0.411 e. The summed E-state index contributed by atoms with van der Waals surface area (Å²) in [6, 6.07) is 15.5. The number of tetrazole rings is 1. The van der Waals surface area contributed by atoms with Crippen LogP contribution >= 0.6 is 0 Å². The number of amides is 1. The van der Waals surface area contributed by atoms with Crippen LogP contribution in [0, 0.1) is 5.82 Å². The van der Waals surface area contributed by atoms with Crippen molar-refractivity contribution in [2.75, 3.05) is 0 Å². The van der Waals surface area contributed by atoms with E-state index in [1.54, 1.807) is 12.1 Å². The average molecular weight is 405 g/mol. The number of carbonyl (C=O) groups is 1. The number of halogens is 1. The predicted molar refractivity (Wildman–Crippen MR) is 103 cm³/mol. The molecule has 2 aromatic heterocycles. The normalized spacial score (nSPS) is 14.4. The van der Waals surface area contributed by atoms with Crippen LogP contribution in [-0.2, 0) is 5.41 Å². The largest absolute Gasteiger partial charge is 0.411 e. The predicted octanol–water partition coefficient (Wildman–Crippen LogP) is 2.73. The lowest BCUT2D eigenvalue weighted by Crippen LogP contribution is -2.18. The fourth-order valence-corrected chi connectivity index (χ4v) is 3.60. The third-order valence-electron chi connectivity index (χ3n) is 5.29. The molecule has 0 bridgehead atoms. The third-order valence-corrected chi connectivity index (χ3v) is 5.29. The number of hydrogen-bond acceptors (Lipinski definition) is 6. The Morgan fingerprint density at radius 3 is 2.33 bits per heavy atom. The Labute approximate surface area is 169 Å². The molecule has 1 aliphatic carbocycles. The SMILES string of the molecule is NC(=O)Oc1c(F)cnn1-c1ccc(-c2ccc(C3(c4nn[nH]n4)CC3)cc2)cc1. The molecule has 0 atom stereocenters. The molecule has 4 aromatic rings. The molecule has 0 aliphatic heterocycles. The average Bonchev–Trinajstić information content (AvgIpc) is 3.21. The van der Waals surface area contributed by atoms with Crippen molar-refractivity contribution in [3.8, 4) is 22.7 Å². The fraction of sp³-hybridized carbons (Fsp3) is 0.150. The van der Waals surface area contributed by atoms with Gasteiger partial charge in [-0.15, -0.1) is 10.2 Å². The molecule has 1 fully saturated rings. The van der Waals surface area contributed by atoms with Crippen LogP contribution in [0.3, 0.4) is 0 Å². The Balaban J connectivity index is 1.40. The Morgan fingerprint density at radius 1 is 1.10 bits per heavy atom. The second-order valence-corrected chi connectivity index (χ2v) is 7.07. The van der Waals surface area contributed by atoms with E-state index < -0.39 is 11.9 Å². The topological polar surface area (TPSA) is 125 Å². The number of nitrogens with two attached hydrogens (primary N) is 1. The highest BCUT2D eigenvalue weighted by atomic mass is 19.1. The van der Waals surface area contributed by atoms with Gasteiger partial charge in [0, 0.05) is 0 Å². The van der Waals surface area contributed by atoms with Crippen LogP contribution < -0.4 is 10.5 Å². The number of benzene rings is 2. The van der Waals surface area contributed by atoms with E-state index in [4.69, 9.17) is 10.5 Å². The molecule has 30 heavy (non-hydrogen) atoms. The first-order valence-electron chi connectivity index (χ1n) is 9.23. The van der Waals surface area contributed by atoms with Gasteiger partial charge in [-0.2, -0.15) is 19.4 Å². The van der Waals surface area contributed by atoms with Crippen molar-refractivity contribution < 1.29 is 13.9 Å². The van der Waals surface area contributed by atoms with Gasteiger partial charge in [-0.05, 0) is 41.7 Å². The van der Waals surface area contributed by atoms with Crippen LogP contribution in [0.4, 0.5) is 9.18 Å². The first-order valence-corrected chi connectivity index (χ1v) is 9.23. The second kappa shape index (κ2) is 6.76. The second-order valence-electron chi connectivity index (χ2n) is 7.07. The number of aromatic amines is 1. The van der Waals surface area contributed by atoms with E-state index in [-0.39, 0.29) is 11.3 Å². The van der Waals surface area contributed by atoms with Crippen LogP contribution in [0.25, 0.3) is 16.8 Å². The van der Waals surface area contributed by atoms with Crippen molar-refractivity contribution in [1.29, 1.82) is 0 Å². The lowest BCUT2D eigenvalue weighted by Gasteiger charge is -2.12. The summed E-state index contributed by atoms with van der Waals surface area (Å²) in [6.45, 7) is 0. The molecule has 0 saturated heterocycles. The summed E-state index contributed by atoms with van der Waals surface area (Å²) in [6.07, 6.45) is 1.84. The molecular weight excluding hydrogens is 389 g/mol. The summed E-state index contributed by atoms with van der Waals surface area (Å²) in [4.78, 5) is 11.0. The van der Waals surface area contributed by atoms with Crippen molar-refractivity contribution in [3.05, 3.63) is 71.9 Å². The number of primary amides is 1. The zero-order valence-corrected chi connectivity index (χ0v) is 15.6. The molecule has 10 heteroatoms. The number of carbonyl (C=O) groups excluding carboxylic acids is 1. The lowest BCUT2D eigenvalue weighted by atomic mass is 9.93. The van der Waals surface area contributed by atoms with Gasteiger partial charge >= 0.3 is 6.09 Å². The number of hydrogen-bond donors (Lipinski definition) is 2. The quantitative estimate of drug-likeness (QED) is 0.526. The molecule has 0 unspecified atom stereocenters. The zero-order chi connectivity index (χ0) is 20.7. The first kappa shape index (κ1) is 18.0. The van der Waals surface area contributed by atoms with Gasteiger partial charge in [-0.25, -0.2) is 4.79 Å². The van der Waals surface area contributed by atoms with E-state index in [1.807, 2.05) is 24.3 Å². The minimum Gasteiger partial charge on any atom is -0.388 e. The minimum atomic E-state index is -1.11. The molecule has 1 aliphatic rings. The van der Waals surface area contributed by atoms with Gasteiger partial charge in [0.25, 0.3) is 5.88 Å². The van der Waals surface area contributed by atoms with Crippen LogP contribution in [0.15, 0.2) is 54.7 Å². The van der Waals surface area contributed by atoms with Gasteiger partial charge in [0.15, 0.2) is 5.82 Å². The summed E-state index contributed by atoms with van der Waals surface area (Å²) in [5, 5.41) is 18.4. The van der Waals surface area contributed by atoms with Crippen LogP contribution in [0.5, 0.6) is 5.88 Å². The van der Waals surface area contributed by atoms with Gasteiger partial charge in [0.05, 0.1) is 17.3 Å². The Bertz CT molecular complexity index is 1200. The molecule has 0 radical (unpaired) electrons. The Hall–Kier alpha value is -4.08. The Morgan fingerprint density at radius 2 is 1.77 bits per heavy atom. The van der Waals surface area contributed by atoms with Crippen molar-refractivity contribution in [1.82, 2.24) is 30.4 Å². The highest BCUT2D eigenvalue weighted by molar-refractivity contribution is 5.68. The van der Waals surface area contributed by atoms with Gasteiger partial charge < -0.3 is 10.5 Å². The molecule has 2 heterocycles. The van der Waals surface area contributed by atoms with Crippen molar-refractivity contribution in [2.24, 2.45) is 5.73 Å². The van der Waals surface area contributed by atoms with Gasteiger partial charge in [-0.3, -0.25) is 0 Å². The Kier molecular flexibility index (Phi) is 4.05. The molecule has 150 valence electrons. The summed E-state index contributed by atoms with van der Waals surface area (Å²) in [5.41, 5.74) is 8.54. The molecule has 3 N–H and O–H groups in total. The molecule has 9 nitrogen and oxygen atoms in total. The summed E-state index contributed by atoms with van der Waals surface area (Å²) < 4.78 is 19.7. The maximum atomic E-state index is 13.8. The van der Waals surface area contributed by atoms with E-state index >= 15 is 0 Å². The van der Waals surface area contributed by atoms with Crippen LogP contribution in [0.2, 0.25) is 0 Å². The van der Waals surface area contributed by atoms with Crippen LogP contribution in [-0.4, -0.2) is 36.5 Å². The number of nitrogens with zero attached hydrogens (tertiary/aromatic N) is 5. The van der Waals surface area contributed by atoms with E-state index in [0.717, 1.165) is 41.6 Å². The molecule has 1 saturated carbocycles. The highest BCUT2D eigenvalue weighted by Gasteiger charge is 2.49. The molecule has 0 spiro atoms. The van der Waals surface area contributed by atoms with Gasteiger partial charge in [0.2, 0.25) is 5.82 Å². The summed E-state index contributed by atoms with van der Waals surface area (Å²) >= 11 is 0. The number of ether oxygens (including phenoxy) is 1. The van der Waals surface area contributed by atoms with Crippen molar-refractivity contribution in [2.45, 2.75) is 18.3 Å². The van der Waals surface area contributed by atoms with E-state index in [2.05, 4.69) is 37.9 Å². The highest BCUT2D eigenvalue weighted by Crippen LogP contribution is 2.52. The molecular formula is C20H16FN7O2. The molecule has 1 amide bonds. The van der Waals surface area contributed by atoms with E-state index in [0.29, 0.717) is 5.69 Å². The number of rotatable bonds is 5. The van der Waals surface area contributed by atoms with Gasteiger partial charge in [-0.1, -0.05) is 41.6 Å². The van der Waals surface area contributed by atoms with Crippen LogP contribution in [0.1, 0.15) is 24.2 Å². The third kappa shape index (κ3) is 2.98. The van der Waals surface area contributed by atoms with Gasteiger partial charge in [0.1, 0.15) is 0 Å². The van der Waals surface area contributed by atoms with Crippen molar-refractivity contribution >= 4 is 6.09 Å². The zero-order valence-electron chi connectivity index (χ0n) is 15.6. The number of H-pyrrole nitrogens is 1. The smallest absolute Gasteiger partial charge is 0.388 e. The first-order chi connectivity index (χ1) is 14.6. The summed E-state index contributed by atoms with van der Waals surface area (Å²) in [5.74, 6) is -0.403. The van der Waals surface area contributed by atoms with E-state index in [1.165, 1.54) is 4.68 Å². The monoisotopic (exact) mass is 405 g/mol. The maximum absolute atomic E-state index is 13.8. The number of nitrogens with one attached hydrogen (secondary N) is 1. The molecule has 5 rings (SSSR count). The van der Waals surface area contributed by atoms with E-state index in [9.17, 15) is 9.18 Å². The van der Waals surface area contributed by atoms with Crippen molar-refractivity contribution in [3.63, 3.8) is 0 Å². The summed E-state index contributed by atoms with van der Waals surface area (Å²) in [7, 11) is 0. The standard InChI is InChI=1S/C20H16FN7O2/c21-16-11-23-28(17(16)30-19(22)29)15-7-3-13(4-8-15)12-1-5-14(6-2-12)20(9-10-20)18-24-26-27-25-18/h1-8,11H,9-10H2,(H2,22,29)(H,24,25,26,27). The fourth-order valence-electron chi connectivity index (χ4n) is 3.60. The molecule has 2 aromatic carbocycles. The lowest BCUT2D eigenvalue weighted by molar-refractivity contribution is 0.205. The minimum absolute atomic E-state index is 0.142.